The maximum absolute atomic E-state index is 13.9. The second kappa shape index (κ2) is 40.2. The molecule has 1 aliphatic rings. The van der Waals surface area contributed by atoms with Crippen molar-refractivity contribution in [2.24, 2.45) is 0 Å². The van der Waals surface area contributed by atoms with Gasteiger partial charge in [0.2, 0.25) is 0 Å². The lowest BCUT2D eigenvalue weighted by molar-refractivity contribution is 0.00578. The number of halogens is 5. The standard InChI is InChI=1S/C18H10F2S.C16H18BFO2.C8H4BrFS.S11.S10.S5/c19-16-7-5-12(11-3-1-2-4-14(11)16)13-6-8-17(20)18-15(13)9-10-21-18;1-15(2)16(3,4)20-17(19-15)13-9-10-14(18)12-8-6-5-7-11(12)13;9-6-1-2-7(10)8-5(6)3-4-11-8;1-3-5-7-9-11-10-8-6-4-2;1-3-5-7-9-10-8-6-4-2;1-3-5-4-2/h1-10H;5-10H,1-4H3;1-4H;;;. The average Bonchev–Trinajstić information content (AvgIpc) is 4.27. The molecule has 1 aliphatic heterocycles. The molecular weight excluding hydrogens is 1600 g/mol. The highest BCUT2D eigenvalue weighted by molar-refractivity contribution is 9.10. The van der Waals surface area contributed by atoms with Gasteiger partial charge in [0.15, 0.2) is 0 Å². The smallest absolute Gasteiger partial charge is 0.399 e. The summed E-state index contributed by atoms with van der Waals surface area (Å²) in [7, 11) is 30.7. The lowest BCUT2D eigenvalue weighted by Crippen LogP contribution is -2.41. The van der Waals surface area contributed by atoms with E-state index in [2.05, 4.69) is 83.1 Å². The van der Waals surface area contributed by atoms with Crippen LogP contribution in [-0.4, -0.2) is 18.3 Å². The van der Waals surface area contributed by atoms with Crippen molar-refractivity contribution in [3.05, 3.63) is 148 Å². The molecule has 2 nitrogen and oxygen atoms in total. The van der Waals surface area contributed by atoms with Crippen molar-refractivity contribution in [2.75, 3.05) is 0 Å². The molecule has 9 rings (SSSR count). The highest BCUT2D eigenvalue weighted by atomic mass is 79.9. The molecular formula is C42H32BBrF4O2S28. The van der Waals surface area contributed by atoms with E-state index in [1.165, 1.54) is 109 Å². The number of rotatable bonds is 2. The van der Waals surface area contributed by atoms with Crippen LogP contribution in [-0.2, 0) is 254 Å². The second-order valence-corrected chi connectivity index (χ2v) is 52.8. The van der Waals surface area contributed by atoms with E-state index in [1.807, 2.05) is 87.0 Å². The average molecular weight is 1630 g/mol. The molecule has 78 heavy (non-hydrogen) atoms. The van der Waals surface area contributed by atoms with Crippen LogP contribution in [0.15, 0.2) is 124 Å². The van der Waals surface area contributed by atoms with Crippen LogP contribution in [0.5, 0.6) is 0 Å². The van der Waals surface area contributed by atoms with Crippen LogP contribution in [0.25, 0.3) is 52.8 Å². The molecule has 3 heterocycles. The van der Waals surface area contributed by atoms with Crippen molar-refractivity contribution in [3.8, 4) is 11.1 Å². The van der Waals surface area contributed by atoms with Crippen LogP contribution in [0.4, 0.5) is 17.6 Å². The van der Waals surface area contributed by atoms with E-state index in [9.17, 15) is 17.6 Å². The highest BCUT2D eigenvalue weighted by Gasteiger charge is 2.52. The largest absolute Gasteiger partial charge is 0.495 e. The van der Waals surface area contributed by atoms with Crippen LogP contribution >= 0.6 is 38.6 Å². The minimum absolute atomic E-state index is 0.141. The van der Waals surface area contributed by atoms with E-state index in [4.69, 9.17) is 9.31 Å². The Balaban J connectivity index is 0.000000213. The normalized spacial score (nSPS) is 12.0. The quantitative estimate of drug-likeness (QED) is 0.124. The number of thiophene rings is 2. The van der Waals surface area contributed by atoms with Gasteiger partial charge in [0, 0.05) is 271 Å². The molecule has 2 aromatic heterocycles. The topological polar surface area (TPSA) is 18.5 Å². The molecule has 8 aromatic rings. The van der Waals surface area contributed by atoms with Crippen LogP contribution in [0.1, 0.15) is 27.7 Å². The summed E-state index contributed by atoms with van der Waals surface area (Å²) in [5, 5.41) is 8.46. The zero-order chi connectivity index (χ0) is 56.9. The Hall–Kier alpha value is 1.66. The fourth-order valence-electron chi connectivity index (χ4n) is 6.37. The first-order valence-electron chi connectivity index (χ1n) is 20.4. The lowest BCUT2D eigenvalue weighted by Gasteiger charge is -2.32. The molecule has 1 fully saturated rings. The molecule has 0 N–H and O–H groups in total. The maximum atomic E-state index is 13.9. The third kappa shape index (κ3) is 23.4. The fourth-order valence-corrected chi connectivity index (χ4v) is 47.0. The molecule has 6 aromatic carbocycles. The van der Waals surface area contributed by atoms with Gasteiger partial charge in [0.1, 0.15) is 23.3 Å². The molecule has 0 amide bonds. The van der Waals surface area contributed by atoms with Crippen molar-refractivity contribution < 1.29 is 26.9 Å². The monoisotopic (exact) mass is 1630 g/mol. The Morgan fingerprint density at radius 2 is 0.731 bits per heavy atom. The third-order valence-corrected chi connectivity index (χ3v) is 50.4. The Bertz CT molecular complexity index is 4250. The molecule has 0 bridgehead atoms. The molecule has 0 atom stereocenters. The molecule has 418 valence electrons. The van der Waals surface area contributed by atoms with Crippen molar-refractivity contribution in [3.63, 3.8) is 0 Å². The number of fused-ring (bicyclic) bond motifs is 4. The minimum Gasteiger partial charge on any atom is -0.399 e. The number of hydrogen-bond donors (Lipinski definition) is 0. The Morgan fingerprint density at radius 3 is 1.17 bits per heavy atom. The van der Waals surface area contributed by atoms with E-state index < -0.39 is 18.3 Å². The van der Waals surface area contributed by atoms with Gasteiger partial charge in [-0.1, -0.05) is 82.7 Å². The molecule has 0 spiro atoms. The zero-order valence-corrected chi connectivity index (χ0v) is 63.7. The van der Waals surface area contributed by atoms with Gasteiger partial charge in [-0.05, 0) is 108 Å². The maximum Gasteiger partial charge on any atom is 0.495 e. The molecule has 1 saturated heterocycles. The summed E-state index contributed by atoms with van der Waals surface area (Å²) < 4.78 is 69.1. The summed E-state index contributed by atoms with van der Waals surface area (Å²) in [5.74, 6) is -0.813. The first-order chi connectivity index (χ1) is 37.6. The van der Waals surface area contributed by atoms with Crippen molar-refractivity contribution in [1.82, 2.24) is 0 Å². The number of benzene rings is 6. The third-order valence-electron chi connectivity index (χ3n) is 10.1. The summed E-state index contributed by atoms with van der Waals surface area (Å²) >= 11 is 33.7. The van der Waals surface area contributed by atoms with E-state index in [0.717, 1.165) is 47.3 Å². The van der Waals surface area contributed by atoms with E-state index in [1.54, 1.807) is 152 Å². The van der Waals surface area contributed by atoms with E-state index >= 15 is 0 Å². The predicted octanol–water partition coefficient (Wildman–Crippen LogP) is 13.0. The van der Waals surface area contributed by atoms with Gasteiger partial charge in [0.05, 0.1) is 20.6 Å². The fraction of sp³-hybridized carbons (Fsp3) is 0.143. The van der Waals surface area contributed by atoms with Gasteiger partial charge in [-0.3, -0.25) is 0 Å². The van der Waals surface area contributed by atoms with Gasteiger partial charge in [-0.15, -0.1) is 22.7 Å². The Kier molecular flexibility index (Phi) is 37.2. The van der Waals surface area contributed by atoms with Gasteiger partial charge in [-0.2, -0.15) is 0 Å². The van der Waals surface area contributed by atoms with Crippen molar-refractivity contribution >= 4 is 338 Å². The first-order valence-corrected chi connectivity index (χ1v) is 53.6. The number of hydrogen-bond acceptors (Lipinski definition) is 10. The molecule has 0 radical (unpaired) electrons. The van der Waals surface area contributed by atoms with Gasteiger partial charge < -0.3 is 9.31 Å². The van der Waals surface area contributed by atoms with Crippen LogP contribution < -0.4 is 5.46 Å². The first kappa shape index (κ1) is 72.1. The SMILES string of the molecule is CC1(C)OB(c2ccc(F)c3ccccc23)OC1(C)C.Fc1ccc(-c2ccc(F)c3sccc23)c2ccccc12.Fc1ccc(Br)c2ccsc12.S=S=S=S=S.S=S=S=S=S=S=S=S=S=S.S=S=S=S=S=S=S=S=S=S=S. The lowest BCUT2D eigenvalue weighted by atomic mass is 9.76. The molecule has 0 saturated carbocycles. The van der Waals surface area contributed by atoms with Gasteiger partial charge in [0.25, 0.3) is 0 Å². The van der Waals surface area contributed by atoms with Crippen LogP contribution in [0.3, 0.4) is 0 Å². The Labute approximate surface area is 552 Å². The van der Waals surface area contributed by atoms with E-state index in [0.29, 0.717) is 15.5 Å². The zero-order valence-electron chi connectivity index (χ0n) is 39.3. The van der Waals surface area contributed by atoms with Crippen molar-refractivity contribution in [1.29, 1.82) is 0 Å². The predicted molar refractivity (Wildman–Crippen MR) is 405 cm³/mol. The molecule has 0 aliphatic carbocycles. The minimum atomic E-state index is -0.467. The van der Waals surface area contributed by atoms with E-state index in [-0.39, 0.29) is 23.3 Å². The summed E-state index contributed by atoms with van der Waals surface area (Å²) in [4.78, 5) is 0. The van der Waals surface area contributed by atoms with Gasteiger partial charge >= 0.3 is 7.12 Å². The Morgan fingerprint density at radius 1 is 0.385 bits per heavy atom. The summed E-state index contributed by atoms with van der Waals surface area (Å²) in [6, 6.07) is 31.5. The van der Waals surface area contributed by atoms with Crippen LogP contribution in [0, 0.1) is 23.3 Å². The van der Waals surface area contributed by atoms with Gasteiger partial charge in [-0.25, -0.2) is 17.6 Å². The summed E-state index contributed by atoms with van der Waals surface area (Å²) in [6.45, 7) is 8.05. The van der Waals surface area contributed by atoms with Crippen LogP contribution in [0.2, 0.25) is 0 Å². The summed E-state index contributed by atoms with van der Waals surface area (Å²) in [6.07, 6.45) is 0. The molecule has 0 unspecified atom stereocenters. The highest BCUT2D eigenvalue weighted by Crippen LogP contribution is 2.39. The second-order valence-electron chi connectivity index (χ2n) is 14.7. The molecule has 36 heteroatoms. The summed E-state index contributed by atoms with van der Waals surface area (Å²) in [5.41, 5.74) is 1.94. The van der Waals surface area contributed by atoms with Crippen molar-refractivity contribution in [2.45, 2.75) is 38.9 Å².